The molecule has 1 amide bonds. The van der Waals surface area contributed by atoms with Crippen LogP contribution in [-0.2, 0) is 12.4 Å². The number of anilines is 1. The zero-order valence-corrected chi connectivity index (χ0v) is 14.7. The van der Waals surface area contributed by atoms with E-state index in [1.165, 1.54) is 13.2 Å². The van der Waals surface area contributed by atoms with Crippen molar-refractivity contribution in [2.24, 2.45) is 0 Å². The molecule has 2 aromatic rings. The van der Waals surface area contributed by atoms with Gasteiger partial charge < -0.3 is 10.1 Å². The SMILES string of the molecule is COc1c(Cl)cc(Cl)cc1C(=O)Nc1cc(C(F)(F)F)cc(C(F)(F)F)c1. The lowest BCUT2D eigenvalue weighted by molar-refractivity contribution is -0.143. The monoisotopic (exact) mass is 431 g/mol. The summed E-state index contributed by atoms with van der Waals surface area (Å²) in [6.07, 6.45) is -10.1. The quantitative estimate of drug-likeness (QED) is 0.579. The zero-order chi connectivity index (χ0) is 20.6. The lowest BCUT2D eigenvalue weighted by atomic mass is 10.1. The third-order valence-corrected chi connectivity index (χ3v) is 3.80. The highest BCUT2D eigenvalue weighted by Gasteiger charge is 2.37. The lowest BCUT2D eigenvalue weighted by Crippen LogP contribution is -2.16. The Morgan fingerprint density at radius 2 is 1.44 bits per heavy atom. The van der Waals surface area contributed by atoms with Crippen LogP contribution in [0.5, 0.6) is 5.75 Å². The molecule has 0 aromatic heterocycles. The van der Waals surface area contributed by atoms with Crippen LogP contribution in [0, 0.1) is 0 Å². The number of benzene rings is 2. The largest absolute Gasteiger partial charge is 0.494 e. The van der Waals surface area contributed by atoms with Gasteiger partial charge in [-0.1, -0.05) is 23.2 Å². The van der Waals surface area contributed by atoms with Crippen molar-refractivity contribution in [3.8, 4) is 5.75 Å². The third-order valence-electron chi connectivity index (χ3n) is 3.30. The van der Waals surface area contributed by atoms with Crippen LogP contribution in [0.15, 0.2) is 30.3 Å². The van der Waals surface area contributed by atoms with Gasteiger partial charge in [-0.15, -0.1) is 0 Å². The summed E-state index contributed by atoms with van der Waals surface area (Å²) in [6, 6.07) is 3.08. The molecule has 0 radical (unpaired) electrons. The molecule has 0 aliphatic rings. The molecule has 0 saturated carbocycles. The number of rotatable bonds is 3. The highest BCUT2D eigenvalue weighted by Crippen LogP contribution is 2.38. The van der Waals surface area contributed by atoms with Gasteiger partial charge in [-0.2, -0.15) is 26.3 Å². The summed E-state index contributed by atoms with van der Waals surface area (Å²) in [6.45, 7) is 0. The zero-order valence-electron chi connectivity index (χ0n) is 13.2. The Morgan fingerprint density at radius 1 is 0.926 bits per heavy atom. The van der Waals surface area contributed by atoms with Gasteiger partial charge in [0, 0.05) is 10.7 Å². The number of carbonyl (C=O) groups is 1. The van der Waals surface area contributed by atoms with Crippen molar-refractivity contribution in [2.45, 2.75) is 12.4 Å². The van der Waals surface area contributed by atoms with E-state index < -0.39 is 35.1 Å². The summed E-state index contributed by atoms with van der Waals surface area (Å²) in [5.41, 5.74) is -4.10. The highest BCUT2D eigenvalue weighted by atomic mass is 35.5. The van der Waals surface area contributed by atoms with E-state index in [1.807, 2.05) is 5.32 Å². The van der Waals surface area contributed by atoms with Gasteiger partial charge in [0.1, 0.15) is 5.75 Å². The van der Waals surface area contributed by atoms with Crippen LogP contribution in [0.2, 0.25) is 10.0 Å². The number of halogens is 8. The van der Waals surface area contributed by atoms with Gasteiger partial charge in [-0.05, 0) is 30.3 Å². The number of alkyl halides is 6. The van der Waals surface area contributed by atoms with Crippen molar-refractivity contribution >= 4 is 34.8 Å². The van der Waals surface area contributed by atoms with Crippen LogP contribution in [-0.4, -0.2) is 13.0 Å². The molecule has 27 heavy (non-hydrogen) atoms. The first-order valence-electron chi connectivity index (χ1n) is 6.97. The Morgan fingerprint density at radius 3 is 1.89 bits per heavy atom. The maximum Gasteiger partial charge on any atom is 0.416 e. The fourth-order valence-corrected chi connectivity index (χ4v) is 2.73. The summed E-state index contributed by atoms with van der Waals surface area (Å²) in [7, 11) is 1.18. The Bertz CT molecular complexity index is 848. The van der Waals surface area contributed by atoms with Crippen molar-refractivity contribution in [2.75, 3.05) is 12.4 Å². The van der Waals surface area contributed by atoms with Gasteiger partial charge in [-0.3, -0.25) is 4.79 Å². The number of hydrogen-bond donors (Lipinski definition) is 1. The Hall–Kier alpha value is -2.13. The van der Waals surface area contributed by atoms with Crippen molar-refractivity contribution in [3.05, 3.63) is 57.1 Å². The van der Waals surface area contributed by atoms with Gasteiger partial charge in [0.2, 0.25) is 0 Å². The molecule has 2 aromatic carbocycles. The molecule has 11 heteroatoms. The molecule has 0 aliphatic heterocycles. The fraction of sp³-hybridized carbons (Fsp3) is 0.188. The summed E-state index contributed by atoms with van der Waals surface area (Å²) < 4.78 is 82.3. The first kappa shape index (κ1) is 21.2. The molecule has 146 valence electrons. The van der Waals surface area contributed by atoms with Crippen molar-refractivity contribution in [1.82, 2.24) is 0 Å². The topological polar surface area (TPSA) is 38.3 Å². The summed E-state index contributed by atoms with van der Waals surface area (Å²) in [5.74, 6) is -1.19. The number of hydrogen-bond acceptors (Lipinski definition) is 2. The predicted molar refractivity (Wildman–Crippen MR) is 87.4 cm³/mol. The van der Waals surface area contributed by atoms with Crippen LogP contribution >= 0.6 is 23.2 Å². The third kappa shape index (κ3) is 4.98. The Kier molecular flexibility index (Phi) is 5.86. The van der Waals surface area contributed by atoms with E-state index in [-0.39, 0.29) is 27.4 Å². The van der Waals surface area contributed by atoms with E-state index in [2.05, 4.69) is 0 Å². The Balaban J connectivity index is 2.50. The van der Waals surface area contributed by atoms with Gasteiger partial charge in [0.05, 0.1) is 28.8 Å². The van der Waals surface area contributed by atoms with Crippen LogP contribution in [0.1, 0.15) is 21.5 Å². The van der Waals surface area contributed by atoms with Crippen molar-refractivity contribution in [3.63, 3.8) is 0 Å². The van der Waals surface area contributed by atoms with E-state index in [0.717, 1.165) is 6.07 Å². The maximum atomic E-state index is 12.9. The second kappa shape index (κ2) is 7.47. The predicted octanol–water partition coefficient (Wildman–Crippen LogP) is 6.29. The molecule has 0 unspecified atom stereocenters. The maximum absolute atomic E-state index is 12.9. The smallest absolute Gasteiger partial charge is 0.416 e. The molecule has 2 rings (SSSR count). The van der Waals surface area contributed by atoms with Crippen molar-refractivity contribution in [1.29, 1.82) is 0 Å². The van der Waals surface area contributed by atoms with Crippen LogP contribution in [0.3, 0.4) is 0 Å². The van der Waals surface area contributed by atoms with E-state index in [0.29, 0.717) is 12.1 Å². The van der Waals surface area contributed by atoms with Crippen LogP contribution in [0.25, 0.3) is 0 Å². The fourth-order valence-electron chi connectivity index (χ4n) is 2.16. The molecule has 0 fully saturated rings. The van der Waals surface area contributed by atoms with E-state index in [9.17, 15) is 31.1 Å². The van der Waals surface area contributed by atoms with Crippen LogP contribution in [0.4, 0.5) is 32.0 Å². The Labute approximate surface area is 158 Å². The number of nitrogens with one attached hydrogen (secondary N) is 1. The summed E-state index contributed by atoms with van der Waals surface area (Å²) >= 11 is 11.6. The van der Waals surface area contributed by atoms with Gasteiger partial charge >= 0.3 is 12.4 Å². The first-order valence-corrected chi connectivity index (χ1v) is 7.72. The first-order chi connectivity index (χ1) is 12.3. The number of amides is 1. The number of carbonyl (C=O) groups excluding carboxylic acids is 1. The molecule has 1 N–H and O–H groups in total. The molecule has 0 bridgehead atoms. The summed E-state index contributed by atoms with van der Waals surface area (Å²) in [4.78, 5) is 12.3. The van der Waals surface area contributed by atoms with Gasteiger partial charge in [-0.25, -0.2) is 0 Å². The normalized spacial score (nSPS) is 12.0. The average molecular weight is 432 g/mol. The molecular formula is C16H9Cl2F6NO2. The van der Waals surface area contributed by atoms with E-state index in [1.54, 1.807) is 0 Å². The van der Waals surface area contributed by atoms with Crippen LogP contribution < -0.4 is 10.1 Å². The molecule has 3 nitrogen and oxygen atoms in total. The molecule has 0 atom stereocenters. The lowest BCUT2D eigenvalue weighted by Gasteiger charge is -2.16. The number of ether oxygens (including phenoxy) is 1. The molecule has 0 aliphatic carbocycles. The second-order valence-corrected chi connectivity index (χ2v) is 6.06. The molecule has 0 saturated heterocycles. The van der Waals surface area contributed by atoms with Gasteiger partial charge in [0.15, 0.2) is 0 Å². The minimum Gasteiger partial charge on any atom is -0.494 e. The molecule has 0 heterocycles. The summed E-state index contributed by atoms with van der Waals surface area (Å²) in [5, 5.41) is 1.94. The minimum atomic E-state index is -5.04. The average Bonchev–Trinajstić information content (AvgIpc) is 2.52. The standard InChI is InChI=1S/C16H9Cl2F6NO2/c1-27-13-11(5-9(17)6-12(13)18)14(26)25-10-3-7(15(19,20)21)2-8(4-10)16(22,23)24/h2-6H,1H3,(H,25,26). The van der Waals surface area contributed by atoms with E-state index >= 15 is 0 Å². The highest BCUT2D eigenvalue weighted by molar-refractivity contribution is 6.36. The number of methoxy groups -OCH3 is 1. The molecular weight excluding hydrogens is 423 g/mol. The van der Waals surface area contributed by atoms with Gasteiger partial charge in [0.25, 0.3) is 5.91 Å². The van der Waals surface area contributed by atoms with E-state index in [4.69, 9.17) is 27.9 Å². The second-order valence-electron chi connectivity index (χ2n) is 5.22. The van der Waals surface area contributed by atoms with Crippen molar-refractivity contribution < 1.29 is 35.9 Å². The minimum absolute atomic E-state index is 0.0194. The molecule has 0 spiro atoms.